The lowest BCUT2D eigenvalue weighted by Crippen LogP contribution is -2.71. The zero-order valence-corrected chi connectivity index (χ0v) is 15.1. The van der Waals surface area contributed by atoms with Gasteiger partial charge in [0.15, 0.2) is 0 Å². The average molecular weight is 496 g/mol. The van der Waals surface area contributed by atoms with Gasteiger partial charge in [-0.1, -0.05) is 0 Å². The summed E-state index contributed by atoms with van der Waals surface area (Å²) in [7, 11) is 1.26. The second-order valence-corrected chi connectivity index (χ2v) is 5.84. The predicted octanol–water partition coefficient (Wildman–Crippen LogP) is 4.88. The summed E-state index contributed by atoms with van der Waals surface area (Å²) in [5.41, 5.74) is 0.555. The molecule has 0 atom stereocenters. The summed E-state index contributed by atoms with van der Waals surface area (Å²) in [6, 6.07) is 4.84. The van der Waals surface area contributed by atoms with Crippen molar-refractivity contribution in [2.75, 3.05) is 7.11 Å². The zero-order chi connectivity index (χ0) is 25.4. The van der Waals surface area contributed by atoms with Gasteiger partial charge in [-0.25, -0.2) is 5.43 Å². The molecule has 1 amide bonds. The molecule has 1 aromatic carbocycles. The molecule has 0 bridgehead atoms. The van der Waals surface area contributed by atoms with Crippen LogP contribution in [0.15, 0.2) is 29.4 Å². The highest BCUT2D eigenvalue weighted by Crippen LogP contribution is 2.60. The molecule has 0 aliphatic rings. The van der Waals surface area contributed by atoms with E-state index in [4.69, 9.17) is 4.74 Å². The van der Waals surface area contributed by atoms with E-state index in [1.54, 1.807) is 0 Å². The first kappa shape index (κ1) is 27.3. The van der Waals surface area contributed by atoms with Crippen molar-refractivity contribution in [2.24, 2.45) is 5.10 Å². The Kier molecular flexibility index (Phi) is 7.08. The molecule has 17 heteroatoms. The van der Waals surface area contributed by atoms with Crippen molar-refractivity contribution in [3.63, 3.8) is 0 Å². The molecule has 1 rings (SSSR count). The lowest BCUT2D eigenvalue weighted by atomic mass is 9.93. The number of hydrazone groups is 1. The Hall–Kier alpha value is -2.75. The fourth-order valence-corrected chi connectivity index (χ4v) is 1.84. The van der Waals surface area contributed by atoms with Crippen LogP contribution < -0.4 is 10.2 Å². The Morgan fingerprint density at radius 2 is 1.22 bits per heavy atom. The molecule has 0 spiro atoms. The summed E-state index contributed by atoms with van der Waals surface area (Å²) in [4.78, 5) is 11.2. The lowest BCUT2D eigenvalue weighted by Gasteiger charge is -2.38. The van der Waals surface area contributed by atoms with Crippen molar-refractivity contribution in [1.82, 2.24) is 5.43 Å². The molecule has 0 heterocycles. The second kappa shape index (κ2) is 8.31. The number of ether oxygens (including phenoxy) is 1. The molecule has 4 nitrogen and oxygen atoms in total. The van der Waals surface area contributed by atoms with E-state index in [9.17, 15) is 61.9 Å². The Bertz CT molecular complexity index is 848. The van der Waals surface area contributed by atoms with Crippen molar-refractivity contribution < 1.29 is 66.6 Å². The summed E-state index contributed by atoms with van der Waals surface area (Å²) in [5.74, 6) is -41.9. The van der Waals surface area contributed by atoms with E-state index in [1.165, 1.54) is 19.2 Å². The summed E-state index contributed by atoms with van der Waals surface area (Å²) < 4.78 is 173. The SMILES string of the molecule is COc1ccc(/C=N\NC(=O)C(F)(F)C(F)(F)C(F)(F)C(F)(F)C(F)(F)C(F)(F)F)cc1. The Balaban J connectivity index is 3.20. The highest BCUT2D eigenvalue weighted by Gasteiger charge is 2.91. The number of alkyl halides is 13. The van der Waals surface area contributed by atoms with E-state index in [2.05, 4.69) is 5.10 Å². The van der Waals surface area contributed by atoms with Gasteiger partial charge in [-0.15, -0.1) is 0 Å². The van der Waals surface area contributed by atoms with E-state index in [0.29, 0.717) is 11.6 Å². The van der Waals surface area contributed by atoms with E-state index in [0.717, 1.165) is 12.1 Å². The number of hydrogen-bond acceptors (Lipinski definition) is 3. The molecule has 0 aliphatic heterocycles. The molecule has 182 valence electrons. The maximum absolute atomic E-state index is 13.5. The third kappa shape index (κ3) is 4.28. The standard InChI is InChI=1S/C15H9F13N2O2/c1-32-8-4-2-7(3-5-8)6-29-30-9(31)10(16,17)11(18,19)12(20,21)13(22,23)14(24,25)15(26,27)28/h2-6H,1H3,(H,30,31)/b29-6-. The predicted molar refractivity (Wildman–Crippen MR) is 79.5 cm³/mol. The summed E-state index contributed by atoms with van der Waals surface area (Å²) >= 11 is 0. The first-order valence-corrected chi connectivity index (χ1v) is 7.62. The normalized spacial score (nSPS) is 14.6. The Morgan fingerprint density at radius 3 is 1.62 bits per heavy atom. The number of nitrogens with one attached hydrogen (secondary N) is 1. The zero-order valence-electron chi connectivity index (χ0n) is 15.1. The molecule has 0 fully saturated rings. The number of carbonyl (C=O) groups is 1. The Morgan fingerprint density at radius 1 is 0.781 bits per heavy atom. The average Bonchev–Trinajstić information content (AvgIpc) is 2.66. The molecule has 1 aromatic rings. The summed E-state index contributed by atoms with van der Waals surface area (Å²) in [6.45, 7) is 0. The fraction of sp³-hybridized carbons (Fsp3) is 0.467. The van der Waals surface area contributed by atoms with Gasteiger partial charge in [-0.05, 0) is 29.8 Å². The number of amides is 1. The Labute approximate surface area is 169 Å². The topological polar surface area (TPSA) is 50.7 Å². The smallest absolute Gasteiger partial charge is 0.460 e. The van der Waals surface area contributed by atoms with Crippen molar-refractivity contribution in [3.8, 4) is 5.75 Å². The number of rotatable bonds is 8. The molecule has 0 radical (unpaired) electrons. The molecular formula is C15H9F13N2O2. The van der Waals surface area contributed by atoms with Gasteiger partial charge < -0.3 is 4.74 Å². The molecule has 1 N–H and O–H groups in total. The van der Waals surface area contributed by atoms with Crippen molar-refractivity contribution >= 4 is 12.1 Å². The lowest BCUT2D eigenvalue weighted by molar-refractivity contribution is -0.436. The molecule has 0 saturated heterocycles. The van der Waals surface area contributed by atoms with Crippen LogP contribution in [0.1, 0.15) is 5.56 Å². The monoisotopic (exact) mass is 496 g/mol. The van der Waals surface area contributed by atoms with E-state index in [1.807, 2.05) is 0 Å². The minimum absolute atomic E-state index is 0.0251. The fourth-order valence-electron chi connectivity index (χ4n) is 1.84. The third-order valence-electron chi connectivity index (χ3n) is 3.71. The van der Waals surface area contributed by atoms with Gasteiger partial charge in [0, 0.05) is 0 Å². The van der Waals surface area contributed by atoms with Crippen LogP contribution in [0.4, 0.5) is 57.1 Å². The van der Waals surface area contributed by atoms with Crippen LogP contribution in [0.2, 0.25) is 0 Å². The van der Waals surface area contributed by atoms with E-state index in [-0.39, 0.29) is 11.3 Å². The van der Waals surface area contributed by atoms with Crippen molar-refractivity contribution in [2.45, 2.75) is 35.8 Å². The highest BCUT2D eigenvalue weighted by molar-refractivity contribution is 5.87. The van der Waals surface area contributed by atoms with Crippen LogP contribution in [0.3, 0.4) is 0 Å². The van der Waals surface area contributed by atoms with Crippen LogP contribution in [0, 0.1) is 0 Å². The number of methoxy groups -OCH3 is 1. The molecular weight excluding hydrogens is 487 g/mol. The maximum atomic E-state index is 13.5. The molecule has 0 aliphatic carbocycles. The van der Waals surface area contributed by atoms with Crippen molar-refractivity contribution in [3.05, 3.63) is 29.8 Å². The van der Waals surface area contributed by atoms with Gasteiger partial charge in [0.25, 0.3) is 0 Å². The van der Waals surface area contributed by atoms with Gasteiger partial charge in [0.1, 0.15) is 5.75 Å². The maximum Gasteiger partial charge on any atom is 0.460 e. The number of nitrogens with zero attached hydrogens (tertiary/aromatic N) is 1. The minimum atomic E-state index is -8.09. The van der Waals surface area contributed by atoms with Gasteiger partial charge in [0.2, 0.25) is 0 Å². The van der Waals surface area contributed by atoms with E-state index < -0.39 is 41.7 Å². The van der Waals surface area contributed by atoms with Crippen LogP contribution in [-0.4, -0.2) is 55.0 Å². The number of halogens is 13. The van der Waals surface area contributed by atoms with Gasteiger partial charge in [-0.2, -0.15) is 62.2 Å². The highest BCUT2D eigenvalue weighted by atomic mass is 19.4. The van der Waals surface area contributed by atoms with E-state index >= 15 is 0 Å². The number of benzene rings is 1. The third-order valence-corrected chi connectivity index (χ3v) is 3.71. The van der Waals surface area contributed by atoms with Gasteiger partial charge >= 0.3 is 41.7 Å². The van der Waals surface area contributed by atoms with Crippen molar-refractivity contribution in [1.29, 1.82) is 0 Å². The molecule has 0 unspecified atom stereocenters. The minimum Gasteiger partial charge on any atom is -0.497 e. The van der Waals surface area contributed by atoms with Gasteiger partial charge in [-0.3, -0.25) is 4.79 Å². The van der Waals surface area contributed by atoms with Crippen LogP contribution in [0.5, 0.6) is 5.75 Å². The second-order valence-electron chi connectivity index (χ2n) is 5.84. The first-order valence-electron chi connectivity index (χ1n) is 7.62. The molecule has 32 heavy (non-hydrogen) atoms. The van der Waals surface area contributed by atoms with Crippen LogP contribution in [0.25, 0.3) is 0 Å². The van der Waals surface area contributed by atoms with Gasteiger partial charge in [0.05, 0.1) is 13.3 Å². The molecule has 0 saturated carbocycles. The molecule has 0 aromatic heterocycles. The first-order chi connectivity index (χ1) is 14.2. The van der Waals surface area contributed by atoms with Crippen LogP contribution >= 0.6 is 0 Å². The summed E-state index contributed by atoms with van der Waals surface area (Å²) in [6.07, 6.45) is -7.05. The quantitative estimate of drug-likeness (QED) is 0.317. The van der Waals surface area contributed by atoms with Crippen LogP contribution in [-0.2, 0) is 4.79 Å². The number of carbonyl (C=O) groups excluding carboxylic acids is 1. The number of hydrogen-bond donors (Lipinski definition) is 1. The summed E-state index contributed by atoms with van der Waals surface area (Å²) in [5, 5.41) is 2.67. The largest absolute Gasteiger partial charge is 0.497 e.